The lowest BCUT2D eigenvalue weighted by molar-refractivity contribution is -0.117. The number of aromatic nitrogens is 2. The standard InChI is InChI=1S/C12H20N4O/c1-2-16-9-11(8-14-16)15-12(17)6-10-4-3-5-13-7-10/h8-10,13H,2-7H2,1H3,(H,15,17). The zero-order chi connectivity index (χ0) is 12.1. The van der Waals surface area contributed by atoms with Crippen molar-refractivity contribution in [1.82, 2.24) is 15.1 Å². The fourth-order valence-electron chi connectivity index (χ4n) is 2.17. The Morgan fingerprint density at radius 3 is 3.24 bits per heavy atom. The van der Waals surface area contributed by atoms with E-state index >= 15 is 0 Å². The third-order valence-electron chi connectivity index (χ3n) is 3.11. The van der Waals surface area contributed by atoms with E-state index in [1.54, 1.807) is 10.9 Å². The smallest absolute Gasteiger partial charge is 0.224 e. The molecule has 1 unspecified atom stereocenters. The van der Waals surface area contributed by atoms with E-state index in [1.165, 1.54) is 6.42 Å². The van der Waals surface area contributed by atoms with Gasteiger partial charge in [0.1, 0.15) is 0 Å². The number of piperidine rings is 1. The second kappa shape index (κ2) is 5.82. The third-order valence-corrected chi connectivity index (χ3v) is 3.11. The highest BCUT2D eigenvalue weighted by molar-refractivity contribution is 5.90. The van der Waals surface area contributed by atoms with Crippen molar-refractivity contribution in [3.8, 4) is 0 Å². The van der Waals surface area contributed by atoms with Crippen LogP contribution >= 0.6 is 0 Å². The number of rotatable bonds is 4. The second-order valence-electron chi connectivity index (χ2n) is 4.55. The van der Waals surface area contributed by atoms with Crippen LogP contribution in [0.15, 0.2) is 12.4 Å². The topological polar surface area (TPSA) is 59.0 Å². The zero-order valence-corrected chi connectivity index (χ0v) is 10.3. The monoisotopic (exact) mass is 236 g/mol. The van der Waals surface area contributed by atoms with Crippen LogP contribution in [0.5, 0.6) is 0 Å². The van der Waals surface area contributed by atoms with Crippen LogP contribution < -0.4 is 10.6 Å². The first-order valence-corrected chi connectivity index (χ1v) is 6.31. The van der Waals surface area contributed by atoms with Crippen molar-refractivity contribution in [2.45, 2.75) is 32.7 Å². The summed E-state index contributed by atoms with van der Waals surface area (Å²) >= 11 is 0. The number of carbonyl (C=O) groups excluding carboxylic acids is 1. The molecule has 5 nitrogen and oxygen atoms in total. The summed E-state index contributed by atoms with van der Waals surface area (Å²) in [6, 6.07) is 0. The predicted octanol–water partition coefficient (Wildman–Crippen LogP) is 1.23. The maximum absolute atomic E-state index is 11.8. The van der Waals surface area contributed by atoms with Crippen LogP contribution in [-0.2, 0) is 11.3 Å². The SMILES string of the molecule is CCn1cc(NC(=O)CC2CCCNC2)cn1. The summed E-state index contributed by atoms with van der Waals surface area (Å²) in [5.41, 5.74) is 0.792. The second-order valence-corrected chi connectivity index (χ2v) is 4.55. The molecule has 17 heavy (non-hydrogen) atoms. The van der Waals surface area contributed by atoms with E-state index in [0.717, 1.165) is 31.7 Å². The average molecular weight is 236 g/mol. The van der Waals surface area contributed by atoms with E-state index in [0.29, 0.717) is 12.3 Å². The lowest BCUT2D eigenvalue weighted by Crippen LogP contribution is -2.32. The van der Waals surface area contributed by atoms with E-state index in [4.69, 9.17) is 0 Å². The number of carbonyl (C=O) groups is 1. The summed E-state index contributed by atoms with van der Waals surface area (Å²) in [7, 11) is 0. The summed E-state index contributed by atoms with van der Waals surface area (Å²) in [5.74, 6) is 0.569. The molecule has 0 aromatic carbocycles. The van der Waals surface area contributed by atoms with Gasteiger partial charge in [-0.15, -0.1) is 0 Å². The van der Waals surface area contributed by atoms with Crippen LogP contribution in [0.25, 0.3) is 0 Å². The molecule has 1 saturated heterocycles. The van der Waals surface area contributed by atoms with Crippen molar-refractivity contribution in [2.24, 2.45) is 5.92 Å². The van der Waals surface area contributed by atoms with Crippen LogP contribution in [0, 0.1) is 5.92 Å². The molecule has 0 bridgehead atoms. The highest BCUT2D eigenvalue weighted by Gasteiger charge is 2.16. The molecule has 1 aliphatic rings. The molecular formula is C12H20N4O. The first-order valence-electron chi connectivity index (χ1n) is 6.31. The van der Waals surface area contributed by atoms with Crippen LogP contribution in [0.4, 0.5) is 5.69 Å². The lowest BCUT2D eigenvalue weighted by Gasteiger charge is -2.21. The minimum absolute atomic E-state index is 0.0920. The Hall–Kier alpha value is -1.36. The number of nitrogens with zero attached hydrogens (tertiary/aromatic N) is 2. The van der Waals surface area contributed by atoms with Gasteiger partial charge in [-0.2, -0.15) is 5.10 Å². The summed E-state index contributed by atoms with van der Waals surface area (Å²) in [6.45, 7) is 4.89. The van der Waals surface area contributed by atoms with Gasteiger partial charge >= 0.3 is 0 Å². The Bertz CT molecular complexity index is 368. The molecule has 0 spiro atoms. The van der Waals surface area contributed by atoms with Gasteiger partial charge in [0.2, 0.25) is 5.91 Å². The van der Waals surface area contributed by atoms with E-state index in [1.807, 2.05) is 13.1 Å². The van der Waals surface area contributed by atoms with E-state index in [9.17, 15) is 4.79 Å². The number of nitrogens with one attached hydrogen (secondary N) is 2. The molecule has 1 aromatic heterocycles. The van der Waals surface area contributed by atoms with Gasteiger partial charge in [0.05, 0.1) is 11.9 Å². The fourth-order valence-corrected chi connectivity index (χ4v) is 2.17. The molecule has 0 saturated carbocycles. The maximum Gasteiger partial charge on any atom is 0.224 e. The van der Waals surface area contributed by atoms with Crippen molar-refractivity contribution >= 4 is 11.6 Å². The van der Waals surface area contributed by atoms with Gasteiger partial charge in [-0.05, 0) is 38.8 Å². The number of amides is 1. The summed E-state index contributed by atoms with van der Waals surface area (Å²) < 4.78 is 1.80. The molecule has 2 rings (SSSR count). The molecule has 1 atom stereocenters. The van der Waals surface area contributed by atoms with E-state index < -0.39 is 0 Å². The summed E-state index contributed by atoms with van der Waals surface area (Å²) in [5, 5.41) is 10.3. The van der Waals surface area contributed by atoms with Gasteiger partial charge in [-0.1, -0.05) is 0 Å². The average Bonchev–Trinajstić information content (AvgIpc) is 2.78. The van der Waals surface area contributed by atoms with Crippen molar-refractivity contribution in [2.75, 3.05) is 18.4 Å². The largest absolute Gasteiger partial charge is 0.323 e. The Labute approximate surface area is 102 Å². The maximum atomic E-state index is 11.8. The Morgan fingerprint density at radius 1 is 1.71 bits per heavy atom. The molecule has 94 valence electrons. The number of aryl methyl sites for hydroxylation is 1. The van der Waals surface area contributed by atoms with Gasteiger partial charge in [0.25, 0.3) is 0 Å². The minimum atomic E-state index is 0.0920. The van der Waals surface area contributed by atoms with E-state index in [-0.39, 0.29) is 5.91 Å². The summed E-state index contributed by atoms with van der Waals surface area (Å²) in [4.78, 5) is 11.8. The molecular weight excluding hydrogens is 216 g/mol. The Balaban J connectivity index is 1.79. The number of anilines is 1. The first-order chi connectivity index (χ1) is 8.28. The molecule has 2 heterocycles. The Morgan fingerprint density at radius 2 is 2.59 bits per heavy atom. The molecule has 1 fully saturated rings. The summed E-state index contributed by atoms with van der Waals surface area (Å²) in [6.07, 6.45) is 6.47. The molecule has 0 radical (unpaired) electrons. The lowest BCUT2D eigenvalue weighted by atomic mass is 9.96. The molecule has 1 aliphatic heterocycles. The zero-order valence-electron chi connectivity index (χ0n) is 10.3. The van der Waals surface area contributed by atoms with Crippen molar-refractivity contribution in [3.05, 3.63) is 12.4 Å². The van der Waals surface area contributed by atoms with Crippen molar-refractivity contribution < 1.29 is 4.79 Å². The van der Waals surface area contributed by atoms with Gasteiger partial charge in [0, 0.05) is 19.2 Å². The minimum Gasteiger partial charge on any atom is -0.323 e. The van der Waals surface area contributed by atoms with Crippen LogP contribution in [-0.4, -0.2) is 28.8 Å². The quantitative estimate of drug-likeness (QED) is 0.826. The molecule has 5 heteroatoms. The fraction of sp³-hybridized carbons (Fsp3) is 0.667. The first kappa shape index (κ1) is 12.1. The van der Waals surface area contributed by atoms with Crippen LogP contribution in [0.3, 0.4) is 0 Å². The molecule has 1 amide bonds. The highest BCUT2D eigenvalue weighted by Crippen LogP contribution is 2.15. The van der Waals surface area contributed by atoms with Gasteiger partial charge in [-0.3, -0.25) is 9.48 Å². The molecule has 0 aliphatic carbocycles. The normalized spacial score (nSPS) is 20.2. The van der Waals surface area contributed by atoms with Gasteiger partial charge in [-0.25, -0.2) is 0 Å². The van der Waals surface area contributed by atoms with Crippen LogP contribution in [0.1, 0.15) is 26.2 Å². The van der Waals surface area contributed by atoms with Crippen LogP contribution in [0.2, 0.25) is 0 Å². The van der Waals surface area contributed by atoms with E-state index in [2.05, 4.69) is 15.7 Å². The van der Waals surface area contributed by atoms with Crippen molar-refractivity contribution in [1.29, 1.82) is 0 Å². The third kappa shape index (κ3) is 3.56. The number of hydrogen-bond donors (Lipinski definition) is 2. The van der Waals surface area contributed by atoms with Crippen molar-refractivity contribution in [3.63, 3.8) is 0 Å². The Kier molecular flexibility index (Phi) is 4.14. The molecule has 2 N–H and O–H groups in total. The van der Waals surface area contributed by atoms with Gasteiger partial charge in [0.15, 0.2) is 0 Å². The molecule has 1 aromatic rings. The highest BCUT2D eigenvalue weighted by atomic mass is 16.1. The van der Waals surface area contributed by atoms with Gasteiger partial charge < -0.3 is 10.6 Å². The predicted molar refractivity (Wildman–Crippen MR) is 66.7 cm³/mol. The number of hydrogen-bond acceptors (Lipinski definition) is 3.